The van der Waals surface area contributed by atoms with Crippen LogP contribution in [0.1, 0.15) is 17.7 Å². The van der Waals surface area contributed by atoms with Gasteiger partial charge in [0.15, 0.2) is 11.3 Å². The second kappa shape index (κ2) is 4.54. The molecule has 0 atom stereocenters. The highest BCUT2D eigenvalue weighted by molar-refractivity contribution is 9.08. The molecule has 0 saturated carbocycles. The van der Waals surface area contributed by atoms with Crippen LogP contribution in [0.3, 0.4) is 0 Å². The minimum Gasteiger partial charge on any atom is -0.482 e. The van der Waals surface area contributed by atoms with Gasteiger partial charge in [0.05, 0.1) is 12.8 Å². The van der Waals surface area contributed by atoms with E-state index in [2.05, 4.69) is 25.7 Å². The van der Waals surface area contributed by atoms with E-state index in [1.165, 1.54) is 7.11 Å². The van der Waals surface area contributed by atoms with Crippen LogP contribution in [0.4, 0.5) is 8.78 Å². The molecule has 0 spiro atoms. The number of ether oxygens (including phenoxy) is 1. The Morgan fingerprint density at radius 2 is 2.29 bits per heavy atom. The van der Waals surface area contributed by atoms with Crippen molar-refractivity contribution in [2.45, 2.75) is 11.8 Å². The van der Waals surface area contributed by atoms with Gasteiger partial charge in [0.2, 0.25) is 0 Å². The lowest BCUT2D eigenvalue weighted by Crippen LogP contribution is -2.13. The topological polar surface area (TPSA) is 42.1 Å². The second-order valence-electron chi connectivity index (χ2n) is 2.53. The van der Waals surface area contributed by atoms with E-state index < -0.39 is 17.5 Å². The van der Waals surface area contributed by atoms with Crippen LogP contribution in [0.15, 0.2) is 10.9 Å². The molecule has 0 fully saturated rings. The van der Waals surface area contributed by atoms with Crippen molar-refractivity contribution in [3.63, 3.8) is 0 Å². The SMILES string of the molecule is COc1cc(=O)c(CBr)c(C(F)F)[nH]1. The van der Waals surface area contributed by atoms with Crippen LogP contribution in [0.5, 0.6) is 5.88 Å². The zero-order valence-electron chi connectivity index (χ0n) is 7.31. The summed E-state index contributed by atoms with van der Waals surface area (Å²) in [6.07, 6.45) is -2.72. The minimum atomic E-state index is -2.72. The van der Waals surface area contributed by atoms with Crippen LogP contribution in [0.2, 0.25) is 0 Å². The third kappa shape index (κ3) is 2.12. The molecule has 3 nitrogen and oxygen atoms in total. The summed E-state index contributed by atoms with van der Waals surface area (Å²) >= 11 is 2.98. The van der Waals surface area contributed by atoms with E-state index in [1.807, 2.05) is 0 Å². The van der Waals surface area contributed by atoms with Crippen molar-refractivity contribution >= 4 is 15.9 Å². The highest BCUT2D eigenvalue weighted by Gasteiger charge is 2.16. The molecule has 0 bridgehead atoms. The molecule has 0 aromatic carbocycles. The van der Waals surface area contributed by atoms with Crippen LogP contribution in [0, 0.1) is 0 Å². The third-order valence-electron chi connectivity index (χ3n) is 1.71. The lowest BCUT2D eigenvalue weighted by molar-refractivity contribution is 0.144. The summed E-state index contributed by atoms with van der Waals surface area (Å²) < 4.78 is 29.6. The zero-order chi connectivity index (χ0) is 10.7. The fourth-order valence-corrected chi connectivity index (χ4v) is 1.60. The Balaban J connectivity index is 3.36. The zero-order valence-corrected chi connectivity index (χ0v) is 8.90. The van der Waals surface area contributed by atoms with Crippen molar-refractivity contribution in [2.75, 3.05) is 7.11 Å². The van der Waals surface area contributed by atoms with Crippen molar-refractivity contribution in [1.82, 2.24) is 4.98 Å². The van der Waals surface area contributed by atoms with Gasteiger partial charge in [-0.25, -0.2) is 8.78 Å². The summed E-state index contributed by atoms with van der Waals surface area (Å²) in [5.74, 6) is 0.0370. The van der Waals surface area contributed by atoms with Crippen LogP contribution in [0.25, 0.3) is 0 Å². The summed E-state index contributed by atoms with van der Waals surface area (Å²) in [7, 11) is 1.30. The van der Waals surface area contributed by atoms with E-state index in [0.717, 1.165) is 6.07 Å². The molecule has 1 heterocycles. The summed E-state index contributed by atoms with van der Waals surface area (Å²) in [4.78, 5) is 13.6. The van der Waals surface area contributed by atoms with Gasteiger partial charge in [-0.05, 0) is 0 Å². The largest absolute Gasteiger partial charge is 0.482 e. The molecule has 1 rings (SSSR count). The molecular weight excluding hydrogens is 260 g/mol. The maximum Gasteiger partial charge on any atom is 0.278 e. The van der Waals surface area contributed by atoms with Gasteiger partial charge >= 0.3 is 0 Å². The first kappa shape index (κ1) is 11.2. The second-order valence-corrected chi connectivity index (χ2v) is 3.09. The van der Waals surface area contributed by atoms with E-state index in [0.29, 0.717) is 0 Å². The summed E-state index contributed by atoms with van der Waals surface area (Å²) in [5, 5.41) is 0.0893. The standard InChI is InChI=1S/C8H8BrF2NO2/c1-14-6-2-5(13)4(3-9)7(12-6)8(10)11/h2,8H,3H2,1H3,(H,12,13). The molecule has 1 aromatic heterocycles. The lowest BCUT2D eigenvalue weighted by atomic mass is 10.2. The fourth-order valence-electron chi connectivity index (χ4n) is 1.02. The number of alkyl halides is 3. The lowest BCUT2D eigenvalue weighted by Gasteiger charge is -2.08. The van der Waals surface area contributed by atoms with Gasteiger partial charge < -0.3 is 9.72 Å². The average molecular weight is 268 g/mol. The van der Waals surface area contributed by atoms with E-state index >= 15 is 0 Å². The van der Waals surface area contributed by atoms with Crippen molar-refractivity contribution in [3.8, 4) is 5.88 Å². The minimum absolute atomic E-state index is 0.0285. The van der Waals surface area contributed by atoms with Crippen molar-refractivity contribution < 1.29 is 13.5 Å². The van der Waals surface area contributed by atoms with Gasteiger partial charge in [0, 0.05) is 17.0 Å². The smallest absolute Gasteiger partial charge is 0.278 e. The molecule has 0 aliphatic heterocycles. The molecule has 0 unspecified atom stereocenters. The first-order valence-electron chi connectivity index (χ1n) is 3.74. The van der Waals surface area contributed by atoms with Crippen LogP contribution < -0.4 is 10.2 Å². The summed E-state index contributed by atoms with van der Waals surface area (Å²) in [6.45, 7) is 0. The van der Waals surface area contributed by atoms with Crippen LogP contribution in [-0.2, 0) is 5.33 Å². The van der Waals surface area contributed by atoms with Crippen molar-refractivity contribution in [2.24, 2.45) is 0 Å². The highest BCUT2D eigenvalue weighted by Crippen LogP contribution is 2.22. The maximum atomic E-state index is 12.5. The molecule has 6 heteroatoms. The number of methoxy groups -OCH3 is 1. The molecule has 0 amide bonds. The molecule has 78 valence electrons. The van der Waals surface area contributed by atoms with Crippen molar-refractivity contribution in [3.05, 3.63) is 27.5 Å². The Labute approximate surface area is 87.2 Å². The van der Waals surface area contributed by atoms with Gasteiger partial charge in [-0.3, -0.25) is 4.79 Å². The van der Waals surface area contributed by atoms with Crippen LogP contribution in [-0.4, -0.2) is 12.1 Å². The Morgan fingerprint density at radius 3 is 2.71 bits per heavy atom. The molecule has 0 aliphatic carbocycles. The average Bonchev–Trinajstić information content (AvgIpc) is 2.16. The molecule has 1 N–H and O–H groups in total. The quantitative estimate of drug-likeness (QED) is 0.854. The highest BCUT2D eigenvalue weighted by atomic mass is 79.9. The third-order valence-corrected chi connectivity index (χ3v) is 2.28. The molecule has 0 aliphatic rings. The Kier molecular flexibility index (Phi) is 3.62. The molecule has 14 heavy (non-hydrogen) atoms. The van der Waals surface area contributed by atoms with Gasteiger partial charge in [-0.2, -0.15) is 0 Å². The fraction of sp³-hybridized carbons (Fsp3) is 0.375. The molecule has 0 saturated heterocycles. The predicted octanol–water partition coefficient (Wildman–Crippen LogP) is 2.22. The summed E-state index contributed by atoms with van der Waals surface area (Å²) in [5.41, 5.74) is -0.834. The van der Waals surface area contributed by atoms with Gasteiger partial charge in [0.1, 0.15) is 0 Å². The van der Waals surface area contributed by atoms with E-state index in [9.17, 15) is 13.6 Å². The maximum absolute atomic E-state index is 12.5. The number of rotatable bonds is 3. The Bertz CT molecular complexity index is 378. The Morgan fingerprint density at radius 1 is 1.64 bits per heavy atom. The molecular formula is C8H8BrF2NO2. The normalized spacial score (nSPS) is 10.6. The van der Waals surface area contributed by atoms with Crippen molar-refractivity contribution in [1.29, 1.82) is 0 Å². The van der Waals surface area contributed by atoms with E-state index in [4.69, 9.17) is 0 Å². The Hall–Kier alpha value is -0.910. The number of nitrogens with one attached hydrogen (secondary N) is 1. The van der Waals surface area contributed by atoms with Gasteiger partial charge in [-0.15, -0.1) is 0 Å². The number of halogens is 3. The monoisotopic (exact) mass is 267 g/mol. The summed E-state index contributed by atoms with van der Waals surface area (Å²) in [6, 6.07) is 1.14. The number of aromatic amines is 1. The molecule has 1 aromatic rings. The first-order valence-corrected chi connectivity index (χ1v) is 4.86. The predicted molar refractivity (Wildman–Crippen MR) is 51.2 cm³/mol. The van der Waals surface area contributed by atoms with Crippen LogP contribution >= 0.6 is 15.9 Å². The number of pyridine rings is 1. The first-order chi connectivity index (χ1) is 6.60. The number of hydrogen-bond acceptors (Lipinski definition) is 2. The number of hydrogen-bond donors (Lipinski definition) is 1. The van der Waals surface area contributed by atoms with E-state index in [1.54, 1.807) is 0 Å². The molecule has 0 radical (unpaired) electrons. The van der Waals surface area contributed by atoms with E-state index in [-0.39, 0.29) is 16.8 Å². The number of aromatic nitrogens is 1. The van der Waals surface area contributed by atoms with Gasteiger partial charge in [0.25, 0.3) is 6.43 Å². The number of H-pyrrole nitrogens is 1. The van der Waals surface area contributed by atoms with Gasteiger partial charge in [-0.1, -0.05) is 15.9 Å².